The Kier molecular flexibility index (Phi) is 5.16. The highest BCUT2D eigenvalue weighted by molar-refractivity contribution is 7.98. The Morgan fingerprint density at radius 3 is 2.54 bits per heavy atom. The number of aryl methyl sites for hydroxylation is 1. The molecule has 0 aliphatic rings. The number of nitrogens with one attached hydrogen (secondary N) is 2. The SMILES string of the molecule is Cc1ccc(Nc2nc(N)nc(CSc3n[nH]c(-c4ccccc4)n3)n2)cc1. The van der Waals surface area contributed by atoms with Gasteiger partial charge in [-0.3, -0.25) is 5.10 Å². The predicted octanol–water partition coefficient (Wildman–Crippen LogP) is 3.58. The van der Waals surface area contributed by atoms with E-state index < -0.39 is 0 Å². The summed E-state index contributed by atoms with van der Waals surface area (Å²) < 4.78 is 0. The standard InChI is InChI=1S/C19H18N8S/c1-12-7-9-14(10-8-12)21-18-23-15(22-17(20)25-18)11-28-19-24-16(26-27-19)13-5-3-2-4-6-13/h2-10H,11H2,1H3,(H,24,26,27)(H3,20,21,22,23,25). The van der Waals surface area contributed by atoms with Crippen LogP contribution in [0, 0.1) is 6.92 Å². The number of H-pyrrole nitrogens is 1. The number of thioether (sulfide) groups is 1. The molecule has 2 aromatic carbocycles. The molecular formula is C19H18N8S. The smallest absolute Gasteiger partial charge is 0.232 e. The molecule has 2 heterocycles. The molecule has 9 heteroatoms. The first kappa shape index (κ1) is 17.9. The van der Waals surface area contributed by atoms with Crippen molar-refractivity contribution >= 4 is 29.3 Å². The third-order valence-corrected chi connectivity index (χ3v) is 4.69. The van der Waals surface area contributed by atoms with E-state index in [2.05, 4.69) is 35.5 Å². The van der Waals surface area contributed by atoms with E-state index in [1.165, 1.54) is 17.3 Å². The average Bonchev–Trinajstić information content (AvgIpc) is 3.18. The van der Waals surface area contributed by atoms with E-state index in [0.29, 0.717) is 22.7 Å². The predicted molar refractivity (Wildman–Crippen MR) is 110 cm³/mol. The molecule has 2 aromatic heterocycles. The van der Waals surface area contributed by atoms with Gasteiger partial charge in [0.25, 0.3) is 0 Å². The molecule has 4 N–H and O–H groups in total. The van der Waals surface area contributed by atoms with E-state index in [1.54, 1.807) is 0 Å². The van der Waals surface area contributed by atoms with Crippen LogP contribution in [-0.4, -0.2) is 30.1 Å². The van der Waals surface area contributed by atoms with Crippen molar-refractivity contribution < 1.29 is 0 Å². The monoisotopic (exact) mass is 390 g/mol. The highest BCUT2D eigenvalue weighted by Gasteiger charge is 2.09. The number of anilines is 3. The number of benzene rings is 2. The van der Waals surface area contributed by atoms with Gasteiger partial charge in [-0.25, -0.2) is 4.98 Å². The molecule has 0 aliphatic carbocycles. The summed E-state index contributed by atoms with van der Waals surface area (Å²) in [4.78, 5) is 17.3. The van der Waals surface area contributed by atoms with Crippen LogP contribution in [0.3, 0.4) is 0 Å². The molecule has 0 bridgehead atoms. The Bertz CT molecular complexity index is 1060. The number of rotatable bonds is 6. The fourth-order valence-electron chi connectivity index (χ4n) is 2.49. The third kappa shape index (κ3) is 4.44. The summed E-state index contributed by atoms with van der Waals surface area (Å²) in [7, 11) is 0. The first-order chi connectivity index (χ1) is 13.7. The van der Waals surface area contributed by atoms with Gasteiger partial charge in [-0.2, -0.15) is 15.0 Å². The Hall–Kier alpha value is -3.46. The van der Waals surface area contributed by atoms with E-state index in [-0.39, 0.29) is 5.95 Å². The van der Waals surface area contributed by atoms with E-state index in [0.717, 1.165) is 17.1 Å². The molecule has 0 spiro atoms. The number of nitrogen functional groups attached to an aromatic ring is 1. The van der Waals surface area contributed by atoms with Gasteiger partial charge in [-0.1, -0.05) is 59.8 Å². The van der Waals surface area contributed by atoms with Crippen LogP contribution in [-0.2, 0) is 5.75 Å². The Labute approximate surface area is 166 Å². The Morgan fingerprint density at radius 2 is 1.75 bits per heavy atom. The number of hydrogen-bond donors (Lipinski definition) is 3. The van der Waals surface area contributed by atoms with Crippen molar-refractivity contribution in [2.75, 3.05) is 11.1 Å². The quantitative estimate of drug-likeness (QED) is 0.428. The van der Waals surface area contributed by atoms with Crippen LogP contribution >= 0.6 is 11.8 Å². The van der Waals surface area contributed by atoms with Crippen molar-refractivity contribution in [3.63, 3.8) is 0 Å². The number of nitrogens with two attached hydrogens (primary N) is 1. The summed E-state index contributed by atoms with van der Waals surface area (Å²) in [6.07, 6.45) is 0. The molecule has 4 rings (SSSR count). The highest BCUT2D eigenvalue weighted by Crippen LogP contribution is 2.22. The molecule has 28 heavy (non-hydrogen) atoms. The lowest BCUT2D eigenvalue weighted by atomic mass is 10.2. The molecule has 0 saturated carbocycles. The maximum Gasteiger partial charge on any atom is 0.232 e. The van der Waals surface area contributed by atoms with Crippen molar-refractivity contribution in [1.29, 1.82) is 0 Å². The maximum absolute atomic E-state index is 5.84. The second-order valence-corrected chi connectivity index (χ2v) is 6.99. The minimum Gasteiger partial charge on any atom is -0.368 e. The van der Waals surface area contributed by atoms with Gasteiger partial charge in [0.05, 0.1) is 5.75 Å². The number of aromatic nitrogens is 6. The lowest BCUT2D eigenvalue weighted by molar-refractivity contribution is 0.955. The maximum atomic E-state index is 5.84. The van der Waals surface area contributed by atoms with Gasteiger partial charge in [0.15, 0.2) is 5.82 Å². The first-order valence-corrected chi connectivity index (χ1v) is 9.59. The summed E-state index contributed by atoms with van der Waals surface area (Å²) in [6.45, 7) is 2.03. The van der Waals surface area contributed by atoms with Crippen LogP contribution in [0.15, 0.2) is 59.8 Å². The Morgan fingerprint density at radius 1 is 0.964 bits per heavy atom. The molecule has 140 valence electrons. The van der Waals surface area contributed by atoms with Gasteiger partial charge in [0.1, 0.15) is 5.82 Å². The highest BCUT2D eigenvalue weighted by atomic mass is 32.2. The summed E-state index contributed by atoms with van der Waals surface area (Å²) >= 11 is 1.43. The summed E-state index contributed by atoms with van der Waals surface area (Å²) in [6, 6.07) is 17.8. The fourth-order valence-corrected chi connectivity index (χ4v) is 3.14. The molecule has 0 amide bonds. The van der Waals surface area contributed by atoms with Gasteiger partial charge >= 0.3 is 0 Å². The minimum atomic E-state index is 0.167. The fraction of sp³-hybridized carbons (Fsp3) is 0.105. The molecule has 4 aromatic rings. The van der Waals surface area contributed by atoms with Crippen LogP contribution in [0.2, 0.25) is 0 Å². The summed E-state index contributed by atoms with van der Waals surface area (Å²) in [5.74, 6) is 2.33. The van der Waals surface area contributed by atoms with Crippen LogP contribution in [0.5, 0.6) is 0 Å². The third-order valence-electron chi connectivity index (χ3n) is 3.85. The molecule has 0 atom stereocenters. The molecule has 0 radical (unpaired) electrons. The zero-order chi connectivity index (χ0) is 19.3. The van der Waals surface area contributed by atoms with E-state index >= 15 is 0 Å². The van der Waals surface area contributed by atoms with Gasteiger partial charge in [0, 0.05) is 11.3 Å². The average molecular weight is 390 g/mol. The second kappa shape index (κ2) is 8.05. The van der Waals surface area contributed by atoms with Crippen molar-refractivity contribution in [3.05, 3.63) is 66.0 Å². The van der Waals surface area contributed by atoms with Gasteiger partial charge in [-0.05, 0) is 19.1 Å². The molecule has 0 fully saturated rings. The van der Waals surface area contributed by atoms with Crippen LogP contribution < -0.4 is 11.1 Å². The molecule has 0 saturated heterocycles. The minimum absolute atomic E-state index is 0.167. The molecule has 0 aliphatic heterocycles. The normalized spacial score (nSPS) is 10.8. The largest absolute Gasteiger partial charge is 0.368 e. The summed E-state index contributed by atoms with van der Waals surface area (Å²) in [5.41, 5.74) is 8.88. The number of aromatic amines is 1. The van der Waals surface area contributed by atoms with Crippen molar-refractivity contribution in [1.82, 2.24) is 30.1 Å². The molecule has 8 nitrogen and oxygen atoms in total. The van der Waals surface area contributed by atoms with Gasteiger partial charge in [-0.15, -0.1) is 5.10 Å². The van der Waals surface area contributed by atoms with E-state index in [1.807, 2.05) is 61.5 Å². The zero-order valence-electron chi connectivity index (χ0n) is 15.1. The lowest BCUT2D eigenvalue weighted by Crippen LogP contribution is -2.06. The van der Waals surface area contributed by atoms with Crippen LogP contribution in [0.25, 0.3) is 11.4 Å². The summed E-state index contributed by atoms with van der Waals surface area (Å²) in [5, 5.41) is 10.9. The number of nitrogens with zero attached hydrogens (tertiary/aromatic N) is 5. The van der Waals surface area contributed by atoms with Crippen LogP contribution in [0.1, 0.15) is 11.4 Å². The van der Waals surface area contributed by atoms with Gasteiger partial charge in [0.2, 0.25) is 17.1 Å². The van der Waals surface area contributed by atoms with Crippen molar-refractivity contribution in [3.8, 4) is 11.4 Å². The van der Waals surface area contributed by atoms with Crippen LogP contribution in [0.4, 0.5) is 17.6 Å². The Balaban J connectivity index is 1.44. The van der Waals surface area contributed by atoms with E-state index in [4.69, 9.17) is 5.73 Å². The lowest BCUT2D eigenvalue weighted by Gasteiger charge is -2.07. The topological polar surface area (TPSA) is 118 Å². The van der Waals surface area contributed by atoms with E-state index in [9.17, 15) is 0 Å². The molecule has 0 unspecified atom stereocenters. The van der Waals surface area contributed by atoms with Crippen molar-refractivity contribution in [2.24, 2.45) is 0 Å². The zero-order valence-corrected chi connectivity index (χ0v) is 15.9. The first-order valence-electron chi connectivity index (χ1n) is 8.60. The number of hydrogen-bond acceptors (Lipinski definition) is 8. The second-order valence-electron chi connectivity index (χ2n) is 6.05. The van der Waals surface area contributed by atoms with Crippen molar-refractivity contribution in [2.45, 2.75) is 17.8 Å². The van der Waals surface area contributed by atoms with Gasteiger partial charge < -0.3 is 11.1 Å². The molecular weight excluding hydrogens is 372 g/mol.